The quantitative estimate of drug-likeness (QED) is 0.613. The maximum Gasteiger partial charge on any atom is 0.335 e. The third-order valence-electron chi connectivity index (χ3n) is 4.35. The highest BCUT2D eigenvalue weighted by Gasteiger charge is 2.19. The van der Waals surface area contributed by atoms with Crippen LogP contribution >= 0.6 is 0 Å². The Morgan fingerprint density at radius 1 is 1.24 bits per heavy atom. The number of aromatic nitrogens is 1. The number of hydrogen-bond donors (Lipinski definition) is 0. The van der Waals surface area contributed by atoms with Crippen LogP contribution in [0, 0.1) is 0 Å². The molecule has 132 valence electrons. The molecular weight excluding hydrogens is 318 g/mol. The second-order valence-corrected chi connectivity index (χ2v) is 6.22. The van der Waals surface area contributed by atoms with E-state index in [1.807, 2.05) is 36.4 Å². The standard InChI is InChI=1S/C19H23N3O3/c1-21-8-10-22(11-9-21)14-16(19(23)24-2)12-17-13-18(25-20-17)15-6-4-3-5-7-15/h3-7,12-13H,8-11,14H2,1-2H3/b16-12+. The summed E-state index contributed by atoms with van der Waals surface area (Å²) in [4.78, 5) is 16.7. The van der Waals surface area contributed by atoms with Crippen molar-refractivity contribution in [1.29, 1.82) is 0 Å². The van der Waals surface area contributed by atoms with Crippen molar-refractivity contribution in [3.8, 4) is 11.3 Å². The summed E-state index contributed by atoms with van der Waals surface area (Å²) in [5, 5.41) is 4.07. The first-order chi connectivity index (χ1) is 12.2. The van der Waals surface area contributed by atoms with Crippen LogP contribution in [0.15, 0.2) is 46.5 Å². The van der Waals surface area contributed by atoms with E-state index in [1.54, 1.807) is 6.08 Å². The van der Waals surface area contributed by atoms with Gasteiger partial charge in [-0.25, -0.2) is 4.79 Å². The van der Waals surface area contributed by atoms with Crippen LogP contribution in [-0.2, 0) is 9.53 Å². The zero-order valence-corrected chi connectivity index (χ0v) is 14.6. The fourth-order valence-corrected chi connectivity index (χ4v) is 2.82. The minimum absolute atomic E-state index is 0.330. The van der Waals surface area contributed by atoms with Crippen molar-refractivity contribution in [3.05, 3.63) is 47.7 Å². The molecule has 2 aromatic rings. The molecule has 1 saturated heterocycles. The number of benzene rings is 1. The van der Waals surface area contributed by atoms with E-state index in [0.717, 1.165) is 31.7 Å². The fourth-order valence-electron chi connectivity index (χ4n) is 2.82. The maximum absolute atomic E-state index is 12.1. The lowest BCUT2D eigenvalue weighted by molar-refractivity contribution is -0.136. The summed E-state index contributed by atoms with van der Waals surface area (Å²) in [7, 11) is 3.51. The van der Waals surface area contributed by atoms with Crippen molar-refractivity contribution in [1.82, 2.24) is 15.0 Å². The molecule has 0 radical (unpaired) electrons. The van der Waals surface area contributed by atoms with Crippen molar-refractivity contribution in [2.45, 2.75) is 0 Å². The van der Waals surface area contributed by atoms with Crippen molar-refractivity contribution >= 4 is 12.0 Å². The van der Waals surface area contributed by atoms with Crippen LogP contribution in [0.2, 0.25) is 0 Å². The summed E-state index contributed by atoms with van der Waals surface area (Å²) < 4.78 is 10.3. The molecule has 3 rings (SSSR count). The van der Waals surface area contributed by atoms with Crippen LogP contribution in [0.4, 0.5) is 0 Å². The zero-order valence-electron chi connectivity index (χ0n) is 14.6. The van der Waals surface area contributed by atoms with Crippen molar-refractivity contribution < 1.29 is 14.1 Å². The molecule has 0 atom stereocenters. The number of nitrogens with zero attached hydrogens (tertiary/aromatic N) is 3. The lowest BCUT2D eigenvalue weighted by Gasteiger charge is -2.32. The number of likely N-dealkylation sites (N-methyl/N-ethyl adjacent to an activating group) is 1. The molecule has 1 aliphatic heterocycles. The Hall–Kier alpha value is -2.44. The predicted octanol–water partition coefficient (Wildman–Crippen LogP) is 2.15. The van der Waals surface area contributed by atoms with E-state index in [9.17, 15) is 4.79 Å². The summed E-state index contributed by atoms with van der Waals surface area (Å²) in [6.45, 7) is 4.40. The highest BCUT2D eigenvalue weighted by molar-refractivity contribution is 5.93. The van der Waals surface area contributed by atoms with E-state index in [2.05, 4.69) is 22.0 Å². The molecule has 6 heteroatoms. The van der Waals surface area contributed by atoms with Gasteiger partial charge in [-0.1, -0.05) is 35.5 Å². The molecule has 2 heterocycles. The number of methoxy groups -OCH3 is 1. The van der Waals surface area contributed by atoms with E-state index < -0.39 is 0 Å². The summed E-state index contributed by atoms with van der Waals surface area (Å²) in [6.07, 6.45) is 1.75. The van der Waals surface area contributed by atoms with Crippen LogP contribution in [0.25, 0.3) is 17.4 Å². The minimum atomic E-state index is -0.330. The highest BCUT2D eigenvalue weighted by Crippen LogP contribution is 2.21. The van der Waals surface area contributed by atoms with Crippen molar-refractivity contribution in [3.63, 3.8) is 0 Å². The minimum Gasteiger partial charge on any atom is -0.466 e. The van der Waals surface area contributed by atoms with Gasteiger partial charge in [-0.2, -0.15) is 0 Å². The van der Waals surface area contributed by atoms with Gasteiger partial charge in [0.25, 0.3) is 0 Å². The zero-order chi connectivity index (χ0) is 17.6. The SMILES string of the molecule is COC(=O)/C(=C/c1cc(-c2ccccc2)on1)CN1CCN(C)CC1. The lowest BCUT2D eigenvalue weighted by Crippen LogP contribution is -2.45. The van der Waals surface area contributed by atoms with E-state index in [4.69, 9.17) is 9.26 Å². The monoisotopic (exact) mass is 341 g/mol. The van der Waals surface area contributed by atoms with Gasteiger partial charge < -0.3 is 14.2 Å². The number of piperazine rings is 1. The predicted molar refractivity (Wildman–Crippen MR) is 95.9 cm³/mol. The van der Waals surface area contributed by atoms with Crippen molar-refractivity contribution in [2.24, 2.45) is 0 Å². The molecule has 0 unspecified atom stereocenters. The molecule has 1 aliphatic rings. The third kappa shape index (κ3) is 4.55. The molecule has 1 aromatic heterocycles. The van der Waals surface area contributed by atoms with E-state index in [1.165, 1.54) is 7.11 Å². The van der Waals surface area contributed by atoms with Gasteiger partial charge in [-0.05, 0) is 13.1 Å². The number of hydrogen-bond acceptors (Lipinski definition) is 6. The van der Waals surface area contributed by atoms with Gasteiger partial charge in [-0.15, -0.1) is 0 Å². The Morgan fingerprint density at radius 2 is 1.96 bits per heavy atom. The Balaban J connectivity index is 1.77. The van der Waals surface area contributed by atoms with Crippen LogP contribution in [0.5, 0.6) is 0 Å². The third-order valence-corrected chi connectivity index (χ3v) is 4.35. The first kappa shape index (κ1) is 17.4. The summed E-state index contributed by atoms with van der Waals surface area (Å²) >= 11 is 0. The van der Waals surface area contributed by atoms with E-state index >= 15 is 0 Å². The van der Waals surface area contributed by atoms with Gasteiger partial charge >= 0.3 is 5.97 Å². The van der Waals surface area contributed by atoms with Gasteiger partial charge in [0.1, 0.15) is 5.69 Å². The Bertz CT molecular complexity index is 731. The maximum atomic E-state index is 12.1. The number of rotatable bonds is 5. The number of carbonyl (C=O) groups is 1. The molecule has 0 amide bonds. The first-order valence-corrected chi connectivity index (χ1v) is 8.37. The lowest BCUT2D eigenvalue weighted by atomic mass is 10.1. The Kier molecular flexibility index (Phi) is 5.63. The molecule has 25 heavy (non-hydrogen) atoms. The fraction of sp³-hybridized carbons (Fsp3) is 0.368. The average molecular weight is 341 g/mol. The molecule has 6 nitrogen and oxygen atoms in total. The molecule has 1 fully saturated rings. The Labute approximate surface area is 147 Å². The molecule has 1 aromatic carbocycles. The van der Waals surface area contributed by atoms with Crippen LogP contribution in [-0.4, -0.2) is 67.8 Å². The van der Waals surface area contributed by atoms with Crippen LogP contribution in [0.1, 0.15) is 5.69 Å². The normalized spacial score (nSPS) is 16.8. The van der Waals surface area contributed by atoms with Gasteiger partial charge in [-0.3, -0.25) is 4.90 Å². The molecule has 0 aliphatic carbocycles. The molecular formula is C19H23N3O3. The first-order valence-electron chi connectivity index (χ1n) is 8.37. The molecule has 0 N–H and O–H groups in total. The van der Waals surface area contributed by atoms with Gasteiger partial charge in [0.15, 0.2) is 5.76 Å². The summed E-state index contributed by atoms with van der Waals surface area (Å²) in [5.41, 5.74) is 2.15. The van der Waals surface area contributed by atoms with Crippen LogP contribution in [0.3, 0.4) is 0 Å². The summed E-state index contributed by atoms with van der Waals surface area (Å²) in [5.74, 6) is 0.346. The Morgan fingerprint density at radius 3 is 2.64 bits per heavy atom. The van der Waals surface area contributed by atoms with Gasteiger partial charge in [0.05, 0.1) is 12.7 Å². The van der Waals surface area contributed by atoms with E-state index in [0.29, 0.717) is 23.6 Å². The number of carbonyl (C=O) groups excluding carboxylic acids is 1. The summed E-state index contributed by atoms with van der Waals surface area (Å²) in [6, 6.07) is 11.6. The van der Waals surface area contributed by atoms with Crippen molar-refractivity contribution in [2.75, 3.05) is 46.9 Å². The van der Waals surface area contributed by atoms with Crippen LogP contribution < -0.4 is 0 Å². The highest BCUT2D eigenvalue weighted by atomic mass is 16.5. The number of ether oxygens (including phenoxy) is 1. The van der Waals surface area contributed by atoms with E-state index in [-0.39, 0.29) is 5.97 Å². The van der Waals surface area contributed by atoms with Gasteiger partial charge in [0.2, 0.25) is 0 Å². The molecule has 0 saturated carbocycles. The molecule has 0 bridgehead atoms. The topological polar surface area (TPSA) is 58.8 Å². The molecule has 0 spiro atoms. The second-order valence-electron chi connectivity index (χ2n) is 6.22. The largest absolute Gasteiger partial charge is 0.466 e. The second kappa shape index (κ2) is 8.09. The number of esters is 1. The van der Waals surface area contributed by atoms with Gasteiger partial charge in [0, 0.05) is 44.4 Å². The average Bonchev–Trinajstić information content (AvgIpc) is 3.11. The smallest absolute Gasteiger partial charge is 0.335 e.